The van der Waals surface area contributed by atoms with Crippen molar-refractivity contribution in [3.8, 4) is 0 Å². The van der Waals surface area contributed by atoms with E-state index in [9.17, 15) is 13.2 Å². The largest absolute Gasteiger partial charge is 0.271 e. The normalized spacial score (nSPS) is 15.7. The van der Waals surface area contributed by atoms with Gasteiger partial charge in [0.1, 0.15) is 0 Å². The molecule has 0 radical (unpaired) electrons. The number of hydrogen-bond donors (Lipinski definition) is 1. The Morgan fingerprint density at radius 3 is 2.33 bits per heavy atom. The summed E-state index contributed by atoms with van der Waals surface area (Å²) in [6, 6.07) is 13.1. The molecule has 1 N–H and O–H groups in total. The summed E-state index contributed by atoms with van der Waals surface area (Å²) >= 11 is 6.11. The predicted octanol–water partition coefficient (Wildman–Crippen LogP) is 3.28. The summed E-state index contributed by atoms with van der Waals surface area (Å²) in [5.74, 6) is -0.425. The van der Waals surface area contributed by atoms with Crippen molar-refractivity contribution in [3.05, 3.63) is 64.7 Å². The fourth-order valence-electron chi connectivity index (χ4n) is 2.87. The molecule has 27 heavy (non-hydrogen) atoms. The van der Waals surface area contributed by atoms with Crippen molar-refractivity contribution in [1.29, 1.82) is 0 Å². The molecular formula is C19H20ClN3O3S. The van der Waals surface area contributed by atoms with Gasteiger partial charge in [0.15, 0.2) is 0 Å². The topological polar surface area (TPSA) is 78.8 Å². The lowest BCUT2D eigenvalue weighted by molar-refractivity contribution is 0.0954. The number of hydrogen-bond acceptors (Lipinski definition) is 4. The van der Waals surface area contributed by atoms with Crippen LogP contribution in [-0.4, -0.2) is 37.4 Å². The molecule has 1 fully saturated rings. The Labute approximate surface area is 163 Å². The summed E-state index contributed by atoms with van der Waals surface area (Å²) in [5, 5.41) is 4.62. The number of hydrazone groups is 1. The van der Waals surface area contributed by atoms with Gasteiger partial charge in [0.2, 0.25) is 10.0 Å². The van der Waals surface area contributed by atoms with E-state index in [0.717, 1.165) is 18.4 Å². The maximum Gasteiger partial charge on any atom is 0.271 e. The van der Waals surface area contributed by atoms with Gasteiger partial charge in [-0.15, -0.1) is 0 Å². The van der Waals surface area contributed by atoms with E-state index in [4.69, 9.17) is 11.6 Å². The van der Waals surface area contributed by atoms with Crippen LogP contribution >= 0.6 is 11.6 Å². The molecule has 3 rings (SSSR count). The first-order valence-corrected chi connectivity index (χ1v) is 10.4. The molecule has 0 saturated carbocycles. The van der Waals surface area contributed by atoms with E-state index in [1.807, 2.05) is 18.2 Å². The molecule has 6 nitrogen and oxygen atoms in total. The van der Waals surface area contributed by atoms with Crippen molar-refractivity contribution in [2.45, 2.75) is 24.7 Å². The highest BCUT2D eigenvalue weighted by Gasteiger charge is 2.27. The summed E-state index contributed by atoms with van der Waals surface area (Å²) in [4.78, 5) is 12.5. The number of nitrogens with one attached hydrogen (secondary N) is 1. The fourth-order valence-corrected chi connectivity index (χ4v) is 4.66. The van der Waals surface area contributed by atoms with Crippen molar-refractivity contribution >= 4 is 33.2 Å². The average molecular weight is 406 g/mol. The van der Waals surface area contributed by atoms with Gasteiger partial charge in [-0.1, -0.05) is 29.8 Å². The number of sulfonamides is 1. The first-order valence-electron chi connectivity index (χ1n) is 8.59. The summed E-state index contributed by atoms with van der Waals surface area (Å²) in [7, 11) is -3.49. The number of carbonyl (C=O) groups is 1. The first-order chi connectivity index (χ1) is 12.9. The van der Waals surface area contributed by atoms with E-state index in [0.29, 0.717) is 29.4 Å². The molecule has 1 aliphatic rings. The molecule has 0 aliphatic carbocycles. The Bertz CT molecular complexity index is 966. The van der Waals surface area contributed by atoms with Crippen LogP contribution in [0, 0.1) is 0 Å². The second kappa shape index (κ2) is 8.21. The van der Waals surface area contributed by atoms with Gasteiger partial charge in [-0.2, -0.15) is 9.41 Å². The molecule has 0 aromatic heterocycles. The number of nitrogens with zero attached hydrogens (tertiary/aromatic N) is 2. The van der Waals surface area contributed by atoms with Gasteiger partial charge in [-0.25, -0.2) is 13.8 Å². The van der Waals surface area contributed by atoms with Crippen molar-refractivity contribution in [1.82, 2.24) is 9.73 Å². The minimum atomic E-state index is -3.49. The molecule has 1 saturated heterocycles. The monoisotopic (exact) mass is 405 g/mol. The van der Waals surface area contributed by atoms with E-state index < -0.39 is 15.9 Å². The van der Waals surface area contributed by atoms with Crippen LogP contribution in [0.3, 0.4) is 0 Å². The molecular weight excluding hydrogens is 386 g/mol. The summed E-state index contributed by atoms with van der Waals surface area (Å²) in [6.45, 7) is 2.83. The van der Waals surface area contributed by atoms with Crippen LogP contribution in [0.1, 0.15) is 35.7 Å². The van der Waals surface area contributed by atoms with Crippen LogP contribution in [0.5, 0.6) is 0 Å². The minimum absolute atomic E-state index is 0.191. The van der Waals surface area contributed by atoms with E-state index in [1.54, 1.807) is 13.0 Å². The van der Waals surface area contributed by atoms with Gasteiger partial charge < -0.3 is 0 Å². The number of halogens is 1. The smallest absolute Gasteiger partial charge is 0.267 e. The third-order valence-corrected chi connectivity index (χ3v) is 6.65. The summed E-state index contributed by atoms with van der Waals surface area (Å²) in [6.07, 6.45) is 1.75. The van der Waals surface area contributed by atoms with Crippen molar-refractivity contribution in [2.75, 3.05) is 13.1 Å². The molecule has 0 spiro atoms. The molecule has 2 aromatic carbocycles. The molecule has 0 bridgehead atoms. The van der Waals surface area contributed by atoms with Gasteiger partial charge in [0.05, 0.1) is 10.6 Å². The summed E-state index contributed by atoms with van der Waals surface area (Å²) in [5.41, 5.74) is 4.09. The van der Waals surface area contributed by atoms with Crippen LogP contribution in [0.15, 0.2) is 58.5 Å². The standard InChI is InChI=1S/C19H20ClN3O3S/c1-14(17-6-2-3-7-18(17)20)21-22-19(24)15-8-10-16(11-9-15)27(25,26)23-12-4-5-13-23/h2-3,6-11H,4-5,12-13H2,1H3,(H,22,24)/b21-14-. The Hall–Kier alpha value is -2.22. The molecule has 8 heteroatoms. The van der Waals surface area contributed by atoms with Gasteiger partial charge >= 0.3 is 0 Å². The second-order valence-corrected chi connectivity index (χ2v) is 8.60. The van der Waals surface area contributed by atoms with Crippen molar-refractivity contribution < 1.29 is 13.2 Å². The number of benzene rings is 2. The summed E-state index contributed by atoms with van der Waals surface area (Å²) < 4.78 is 26.5. The Kier molecular flexibility index (Phi) is 5.94. The lowest BCUT2D eigenvalue weighted by Crippen LogP contribution is -2.28. The predicted molar refractivity (Wildman–Crippen MR) is 106 cm³/mol. The molecule has 2 aromatic rings. The van der Waals surface area contributed by atoms with Crippen molar-refractivity contribution in [3.63, 3.8) is 0 Å². The van der Waals surface area contributed by atoms with Crippen LogP contribution < -0.4 is 5.43 Å². The van der Waals surface area contributed by atoms with Gasteiger partial charge in [-0.05, 0) is 50.1 Å². The number of carbonyl (C=O) groups excluding carboxylic acids is 1. The highest BCUT2D eigenvalue weighted by atomic mass is 35.5. The molecule has 1 aliphatic heterocycles. The maximum absolute atomic E-state index is 12.5. The molecule has 0 atom stereocenters. The van der Waals surface area contributed by atoms with Crippen LogP contribution in [0.2, 0.25) is 5.02 Å². The highest BCUT2D eigenvalue weighted by molar-refractivity contribution is 7.89. The maximum atomic E-state index is 12.5. The van der Waals surface area contributed by atoms with E-state index in [1.165, 1.54) is 28.6 Å². The Morgan fingerprint density at radius 2 is 1.70 bits per heavy atom. The lowest BCUT2D eigenvalue weighted by Gasteiger charge is -2.15. The Morgan fingerprint density at radius 1 is 1.07 bits per heavy atom. The van der Waals surface area contributed by atoms with Crippen LogP contribution in [0.4, 0.5) is 0 Å². The zero-order chi connectivity index (χ0) is 19.4. The highest BCUT2D eigenvalue weighted by Crippen LogP contribution is 2.21. The van der Waals surface area contributed by atoms with Crippen molar-refractivity contribution in [2.24, 2.45) is 5.10 Å². The van der Waals surface area contributed by atoms with Gasteiger partial charge in [0, 0.05) is 29.2 Å². The zero-order valence-corrected chi connectivity index (χ0v) is 16.4. The van der Waals surface area contributed by atoms with Crippen LogP contribution in [0.25, 0.3) is 0 Å². The van der Waals surface area contributed by atoms with E-state index >= 15 is 0 Å². The molecule has 0 unspecified atom stereocenters. The average Bonchev–Trinajstić information content (AvgIpc) is 3.22. The Balaban J connectivity index is 1.71. The van der Waals surface area contributed by atoms with Gasteiger partial charge in [-0.3, -0.25) is 4.79 Å². The van der Waals surface area contributed by atoms with E-state index in [-0.39, 0.29) is 4.90 Å². The molecule has 1 heterocycles. The second-order valence-electron chi connectivity index (χ2n) is 6.25. The lowest BCUT2D eigenvalue weighted by atomic mass is 10.1. The SMILES string of the molecule is C/C(=N/NC(=O)c1ccc(S(=O)(=O)N2CCCC2)cc1)c1ccccc1Cl. The zero-order valence-electron chi connectivity index (χ0n) is 14.9. The quantitative estimate of drug-likeness (QED) is 0.612. The molecule has 142 valence electrons. The minimum Gasteiger partial charge on any atom is -0.267 e. The fraction of sp³-hybridized carbons (Fsp3) is 0.263. The van der Waals surface area contributed by atoms with Gasteiger partial charge in [0.25, 0.3) is 5.91 Å². The van der Waals surface area contributed by atoms with Crippen LogP contribution in [-0.2, 0) is 10.0 Å². The first kappa shape index (κ1) is 19.5. The third-order valence-electron chi connectivity index (χ3n) is 4.41. The number of rotatable bonds is 5. The third kappa shape index (κ3) is 4.37. The number of amides is 1. The van der Waals surface area contributed by atoms with E-state index in [2.05, 4.69) is 10.5 Å². The molecule has 1 amide bonds.